The van der Waals surface area contributed by atoms with Crippen molar-refractivity contribution in [3.05, 3.63) is 58.9 Å². The molecular formula is C18H19FN2O3. The highest BCUT2D eigenvalue weighted by Gasteiger charge is 2.10. The van der Waals surface area contributed by atoms with Gasteiger partial charge in [-0.2, -0.15) is 5.10 Å². The maximum atomic E-state index is 12.8. The number of halogens is 1. The minimum atomic E-state index is -0.334. The van der Waals surface area contributed by atoms with Gasteiger partial charge in [-0.1, -0.05) is 12.1 Å². The fourth-order valence-corrected chi connectivity index (χ4v) is 2.29. The monoisotopic (exact) mass is 330 g/mol. The van der Waals surface area contributed by atoms with Gasteiger partial charge in [0, 0.05) is 11.1 Å². The first-order valence-corrected chi connectivity index (χ1v) is 7.33. The minimum absolute atomic E-state index is 0.121. The third-order valence-electron chi connectivity index (χ3n) is 3.48. The molecule has 0 heterocycles. The summed E-state index contributed by atoms with van der Waals surface area (Å²) in [7, 11) is 3.15. The van der Waals surface area contributed by atoms with E-state index in [4.69, 9.17) is 9.47 Å². The van der Waals surface area contributed by atoms with Gasteiger partial charge in [0.1, 0.15) is 17.3 Å². The second-order valence-electron chi connectivity index (χ2n) is 5.11. The van der Waals surface area contributed by atoms with E-state index in [2.05, 4.69) is 10.5 Å². The number of hydrogen-bond donors (Lipinski definition) is 1. The van der Waals surface area contributed by atoms with Crippen LogP contribution in [0.2, 0.25) is 0 Å². The van der Waals surface area contributed by atoms with Crippen molar-refractivity contribution in [1.82, 2.24) is 5.43 Å². The number of nitrogens with zero attached hydrogens (tertiary/aromatic N) is 1. The Labute approximate surface area is 140 Å². The van der Waals surface area contributed by atoms with E-state index in [0.717, 1.165) is 11.1 Å². The molecular weight excluding hydrogens is 311 g/mol. The van der Waals surface area contributed by atoms with Crippen molar-refractivity contribution < 1.29 is 18.7 Å². The SMILES string of the molecule is COc1ccc(/C=N/NC(=O)Cc2ccc(F)cc2)c(OC)c1C. The van der Waals surface area contributed by atoms with E-state index in [9.17, 15) is 9.18 Å². The van der Waals surface area contributed by atoms with Gasteiger partial charge in [-0.3, -0.25) is 4.79 Å². The van der Waals surface area contributed by atoms with Crippen LogP contribution in [0.15, 0.2) is 41.5 Å². The Kier molecular flexibility index (Phi) is 5.89. The number of ether oxygens (including phenoxy) is 2. The molecule has 0 aliphatic carbocycles. The summed E-state index contributed by atoms with van der Waals surface area (Å²) in [6, 6.07) is 9.36. The Balaban J connectivity index is 2.02. The summed E-state index contributed by atoms with van der Waals surface area (Å²) in [6.07, 6.45) is 1.63. The van der Waals surface area contributed by atoms with Gasteiger partial charge >= 0.3 is 0 Å². The Morgan fingerprint density at radius 3 is 2.50 bits per heavy atom. The number of rotatable bonds is 6. The molecule has 2 aromatic carbocycles. The Hall–Kier alpha value is -2.89. The minimum Gasteiger partial charge on any atom is -0.496 e. The zero-order valence-electron chi connectivity index (χ0n) is 13.8. The lowest BCUT2D eigenvalue weighted by molar-refractivity contribution is -0.120. The fraction of sp³-hybridized carbons (Fsp3) is 0.222. The highest BCUT2D eigenvalue weighted by molar-refractivity contribution is 5.86. The van der Waals surface area contributed by atoms with Gasteiger partial charge in [0.25, 0.3) is 0 Å². The average Bonchev–Trinajstić information content (AvgIpc) is 2.57. The molecule has 5 nitrogen and oxygen atoms in total. The zero-order valence-corrected chi connectivity index (χ0v) is 13.8. The summed E-state index contributed by atoms with van der Waals surface area (Å²) in [4.78, 5) is 11.8. The summed E-state index contributed by atoms with van der Waals surface area (Å²) >= 11 is 0. The van der Waals surface area contributed by atoms with Gasteiger partial charge in [0.15, 0.2) is 0 Å². The number of nitrogens with one attached hydrogen (secondary N) is 1. The number of amides is 1. The molecule has 0 saturated heterocycles. The van der Waals surface area contributed by atoms with Crippen molar-refractivity contribution in [1.29, 1.82) is 0 Å². The smallest absolute Gasteiger partial charge is 0.244 e. The van der Waals surface area contributed by atoms with Crippen LogP contribution in [0.5, 0.6) is 11.5 Å². The van der Waals surface area contributed by atoms with Crippen LogP contribution in [0.25, 0.3) is 0 Å². The molecule has 0 unspecified atom stereocenters. The van der Waals surface area contributed by atoms with E-state index in [1.54, 1.807) is 38.5 Å². The summed E-state index contributed by atoms with van der Waals surface area (Å²) in [5, 5.41) is 3.94. The largest absolute Gasteiger partial charge is 0.496 e. The van der Waals surface area contributed by atoms with Crippen molar-refractivity contribution in [2.75, 3.05) is 14.2 Å². The molecule has 1 amide bonds. The lowest BCUT2D eigenvalue weighted by atomic mass is 10.1. The van der Waals surface area contributed by atoms with E-state index in [1.165, 1.54) is 18.3 Å². The van der Waals surface area contributed by atoms with Gasteiger partial charge in [-0.05, 0) is 36.8 Å². The third kappa shape index (κ3) is 4.32. The predicted molar refractivity (Wildman–Crippen MR) is 90.1 cm³/mol. The normalized spacial score (nSPS) is 10.7. The van der Waals surface area contributed by atoms with Crippen molar-refractivity contribution in [2.45, 2.75) is 13.3 Å². The molecule has 6 heteroatoms. The molecule has 126 valence electrons. The number of carbonyl (C=O) groups excluding carboxylic acids is 1. The molecule has 2 rings (SSSR count). The van der Waals surface area contributed by atoms with Crippen LogP contribution in [0, 0.1) is 12.7 Å². The lowest BCUT2D eigenvalue weighted by Gasteiger charge is -2.11. The van der Waals surface area contributed by atoms with E-state index in [-0.39, 0.29) is 18.1 Å². The Bertz CT molecular complexity index is 743. The summed E-state index contributed by atoms with van der Waals surface area (Å²) in [5.74, 6) is 0.719. The molecule has 0 radical (unpaired) electrons. The summed E-state index contributed by atoms with van der Waals surface area (Å²) < 4.78 is 23.4. The van der Waals surface area contributed by atoms with Gasteiger partial charge in [0.2, 0.25) is 5.91 Å². The van der Waals surface area contributed by atoms with Crippen molar-refractivity contribution >= 4 is 12.1 Å². The molecule has 0 fully saturated rings. The first-order chi connectivity index (χ1) is 11.5. The summed E-state index contributed by atoms with van der Waals surface area (Å²) in [6.45, 7) is 1.88. The first kappa shape index (κ1) is 17.5. The van der Waals surface area contributed by atoms with Crippen molar-refractivity contribution in [3.63, 3.8) is 0 Å². The van der Waals surface area contributed by atoms with Crippen LogP contribution in [0.1, 0.15) is 16.7 Å². The van der Waals surface area contributed by atoms with Gasteiger partial charge in [0.05, 0.1) is 26.9 Å². The molecule has 0 aliphatic rings. The quantitative estimate of drug-likeness (QED) is 0.654. The van der Waals surface area contributed by atoms with Crippen LogP contribution in [0.4, 0.5) is 4.39 Å². The molecule has 0 aliphatic heterocycles. The summed E-state index contributed by atoms with van der Waals surface area (Å²) in [5.41, 5.74) is 4.72. The van der Waals surface area contributed by atoms with Crippen LogP contribution < -0.4 is 14.9 Å². The van der Waals surface area contributed by atoms with Crippen LogP contribution in [0.3, 0.4) is 0 Å². The number of benzene rings is 2. The third-order valence-corrected chi connectivity index (χ3v) is 3.48. The van der Waals surface area contributed by atoms with Crippen molar-refractivity contribution in [3.8, 4) is 11.5 Å². The average molecular weight is 330 g/mol. The fourth-order valence-electron chi connectivity index (χ4n) is 2.29. The Morgan fingerprint density at radius 2 is 1.88 bits per heavy atom. The van der Waals surface area contributed by atoms with E-state index in [0.29, 0.717) is 17.1 Å². The number of methoxy groups -OCH3 is 2. The Morgan fingerprint density at radius 1 is 1.17 bits per heavy atom. The molecule has 0 atom stereocenters. The lowest BCUT2D eigenvalue weighted by Crippen LogP contribution is -2.19. The predicted octanol–water partition coefficient (Wildman–Crippen LogP) is 2.84. The number of hydrazone groups is 1. The van der Waals surface area contributed by atoms with Crippen LogP contribution in [-0.4, -0.2) is 26.3 Å². The molecule has 24 heavy (non-hydrogen) atoms. The maximum absolute atomic E-state index is 12.8. The van der Waals surface area contributed by atoms with Gasteiger partial charge in [-0.25, -0.2) is 9.82 Å². The number of carbonyl (C=O) groups is 1. The van der Waals surface area contributed by atoms with Gasteiger partial charge in [-0.15, -0.1) is 0 Å². The highest BCUT2D eigenvalue weighted by atomic mass is 19.1. The maximum Gasteiger partial charge on any atom is 0.244 e. The molecule has 0 bridgehead atoms. The van der Waals surface area contributed by atoms with E-state index >= 15 is 0 Å². The first-order valence-electron chi connectivity index (χ1n) is 7.33. The van der Waals surface area contributed by atoms with Crippen LogP contribution in [-0.2, 0) is 11.2 Å². The number of hydrogen-bond acceptors (Lipinski definition) is 4. The van der Waals surface area contributed by atoms with Crippen LogP contribution >= 0.6 is 0 Å². The second-order valence-corrected chi connectivity index (χ2v) is 5.11. The molecule has 0 saturated carbocycles. The molecule has 1 N–H and O–H groups in total. The van der Waals surface area contributed by atoms with E-state index in [1.807, 2.05) is 6.92 Å². The second kappa shape index (κ2) is 8.10. The molecule has 2 aromatic rings. The highest BCUT2D eigenvalue weighted by Crippen LogP contribution is 2.30. The van der Waals surface area contributed by atoms with Gasteiger partial charge < -0.3 is 9.47 Å². The van der Waals surface area contributed by atoms with E-state index < -0.39 is 0 Å². The van der Waals surface area contributed by atoms with Crippen molar-refractivity contribution in [2.24, 2.45) is 5.10 Å². The standard InChI is InChI=1S/C18H19FN2O3/c1-12-16(23-2)9-6-14(18(12)24-3)11-20-21-17(22)10-13-4-7-15(19)8-5-13/h4-9,11H,10H2,1-3H3,(H,21,22)/b20-11+. The topological polar surface area (TPSA) is 59.9 Å². The molecule has 0 spiro atoms. The zero-order chi connectivity index (χ0) is 17.5. The molecule has 0 aromatic heterocycles.